The fourth-order valence-electron chi connectivity index (χ4n) is 1.31. The van der Waals surface area contributed by atoms with Gasteiger partial charge in [-0.05, 0) is 7.05 Å². The Balaban J connectivity index is 2.49. The van der Waals surface area contributed by atoms with Crippen molar-refractivity contribution in [3.05, 3.63) is 27.9 Å². The first kappa shape index (κ1) is 14.7. The van der Waals surface area contributed by atoms with Crippen molar-refractivity contribution in [1.29, 1.82) is 0 Å². The van der Waals surface area contributed by atoms with E-state index in [1.807, 2.05) is 0 Å². The van der Waals surface area contributed by atoms with E-state index in [4.69, 9.17) is 0 Å². The molecule has 0 radical (unpaired) electrons. The van der Waals surface area contributed by atoms with Crippen LogP contribution >= 0.6 is 0 Å². The molecule has 1 aromatic rings. The van der Waals surface area contributed by atoms with Gasteiger partial charge < -0.3 is 15.0 Å². The van der Waals surface area contributed by atoms with E-state index in [0.29, 0.717) is 18.1 Å². The van der Waals surface area contributed by atoms with Gasteiger partial charge in [0.1, 0.15) is 12.4 Å². The smallest absolute Gasteiger partial charge is 0.372 e. The molecule has 0 aliphatic carbocycles. The van der Waals surface area contributed by atoms with E-state index in [2.05, 4.69) is 20.0 Å². The zero-order valence-corrected chi connectivity index (χ0v) is 9.80. The molecular weight excluding hydrogens is 251 g/mol. The van der Waals surface area contributed by atoms with Crippen LogP contribution in [0.3, 0.4) is 0 Å². The summed E-state index contributed by atoms with van der Waals surface area (Å²) >= 11 is 0. The van der Waals surface area contributed by atoms with Gasteiger partial charge in [0, 0.05) is 19.0 Å². The summed E-state index contributed by atoms with van der Waals surface area (Å²) < 4.78 is 39.8. The van der Waals surface area contributed by atoms with Gasteiger partial charge in [0.2, 0.25) is 0 Å². The van der Waals surface area contributed by atoms with Crippen molar-refractivity contribution in [3.63, 3.8) is 0 Å². The van der Waals surface area contributed by atoms with Crippen LogP contribution in [0.2, 0.25) is 0 Å². The van der Waals surface area contributed by atoms with Crippen molar-refractivity contribution in [2.24, 2.45) is 0 Å². The van der Waals surface area contributed by atoms with E-state index in [1.165, 1.54) is 6.07 Å². The molecule has 2 N–H and O–H groups in total. The second kappa shape index (κ2) is 6.50. The fraction of sp³-hybridized carbons (Fsp3) is 0.600. The number of rotatable bonds is 6. The lowest BCUT2D eigenvalue weighted by Crippen LogP contribution is -2.20. The van der Waals surface area contributed by atoms with E-state index in [9.17, 15) is 18.0 Å². The summed E-state index contributed by atoms with van der Waals surface area (Å²) in [6.45, 7) is -1.03. The molecule has 1 rings (SSSR count). The number of hydrogen-bond acceptors (Lipinski definition) is 4. The summed E-state index contributed by atoms with van der Waals surface area (Å²) in [7, 11) is 1.70. The number of hydrogen-bond donors (Lipinski definition) is 2. The average molecular weight is 265 g/mol. The number of ether oxygens (including phenoxy) is 1. The van der Waals surface area contributed by atoms with Gasteiger partial charge in [-0.25, -0.2) is 4.98 Å². The van der Waals surface area contributed by atoms with E-state index < -0.39 is 12.8 Å². The normalized spacial score (nSPS) is 11.8. The lowest BCUT2D eigenvalue weighted by Gasteiger charge is -2.07. The van der Waals surface area contributed by atoms with Gasteiger partial charge in [-0.2, -0.15) is 13.2 Å². The maximum Gasteiger partial charge on any atom is 0.411 e. The highest BCUT2D eigenvalue weighted by atomic mass is 19.4. The summed E-state index contributed by atoms with van der Waals surface area (Å²) in [5, 5.41) is 2.83. The molecule has 0 atom stereocenters. The monoisotopic (exact) mass is 265 g/mol. The number of aromatic nitrogens is 2. The van der Waals surface area contributed by atoms with Crippen molar-refractivity contribution in [1.82, 2.24) is 15.3 Å². The molecule has 1 aromatic heterocycles. The highest BCUT2D eigenvalue weighted by Gasteiger charge is 2.27. The Kier molecular flexibility index (Phi) is 5.29. The van der Waals surface area contributed by atoms with Crippen molar-refractivity contribution in [2.75, 3.05) is 20.3 Å². The van der Waals surface area contributed by atoms with Crippen LogP contribution in [0.4, 0.5) is 13.2 Å². The van der Waals surface area contributed by atoms with Gasteiger partial charge in [-0.1, -0.05) is 0 Å². The lowest BCUT2D eigenvalue weighted by molar-refractivity contribution is -0.173. The Bertz CT molecular complexity index is 431. The third-order valence-corrected chi connectivity index (χ3v) is 1.95. The van der Waals surface area contributed by atoms with Crippen LogP contribution in [0.25, 0.3) is 0 Å². The predicted molar refractivity (Wildman–Crippen MR) is 58.2 cm³/mol. The van der Waals surface area contributed by atoms with E-state index >= 15 is 0 Å². The molecule has 0 fully saturated rings. The van der Waals surface area contributed by atoms with Crippen molar-refractivity contribution >= 4 is 0 Å². The molecule has 0 bridgehead atoms. The Hall–Kier alpha value is -1.41. The molecule has 0 spiro atoms. The van der Waals surface area contributed by atoms with Gasteiger partial charge in [-0.3, -0.25) is 4.79 Å². The van der Waals surface area contributed by atoms with Gasteiger partial charge >= 0.3 is 6.18 Å². The summed E-state index contributed by atoms with van der Waals surface area (Å²) in [5.74, 6) is 0.315. The number of nitrogens with zero attached hydrogens (tertiary/aromatic N) is 1. The first-order valence-corrected chi connectivity index (χ1v) is 5.29. The van der Waals surface area contributed by atoms with Crippen LogP contribution in [0.1, 0.15) is 11.5 Å². The SMILES string of the molecule is CNCc1cc(=O)[nH]c(CCOCC(F)(F)F)n1. The van der Waals surface area contributed by atoms with Gasteiger partial charge in [-0.15, -0.1) is 0 Å². The molecule has 8 heteroatoms. The molecule has 5 nitrogen and oxygen atoms in total. The second-order valence-electron chi connectivity index (χ2n) is 3.63. The van der Waals surface area contributed by atoms with Crippen LogP contribution in [-0.4, -0.2) is 36.4 Å². The van der Waals surface area contributed by atoms with Crippen LogP contribution in [-0.2, 0) is 17.7 Å². The first-order chi connectivity index (χ1) is 8.40. The van der Waals surface area contributed by atoms with Crippen molar-refractivity contribution < 1.29 is 17.9 Å². The molecule has 0 aliphatic heterocycles. The van der Waals surface area contributed by atoms with Crippen LogP contribution in [0, 0.1) is 0 Å². The summed E-state index contributed by atoms with van der Waals surface area (Å²) in [5.41, 5.74) is 0.202. The van der Waals surface area contributed by atoms with E-state index in [0.717, 1.165) is 0 Å². The highest BCUT2D eigenvalue weighted by molar-refractivity contribution is 5.02. The lowest BCUT2D eigenvalue weighted by atomic mass is 10.3. The highest BCUT2D eigenvalue weighted by Crippen LogP contribution is 2.14. The van der Waals surface area contributed by atoms with Crippen molar-refractivity contribution in [3.8, 4) is 0 Å². The van der Waals surface area contributed by atoms with Gasteiger partial charge in [0.25, 0.3) is 5.56 Å². The first-order valence-electron chi connectivity index (χ1n) is 5.29. The average Bonchev–Trinajstić information content (AvgIpc) is 2.23. The number of alkyl halides is 3. The number of halogens is 3. The molecular formula is C10H14F3N3O2. The Morgan fingerprint density at radius 3 is 2.83 bits per heavy atom. The van der Waals surface area contributed by atoms with Crippen LogP contribution in [0.5, 0.6) is 0 Å². The van der Waals surface area contributed by atoms with E-state index in [-0.39, 0.29) is 18.6 Å². The zero-order valence-electron chi connectivity index (χ0n) is 9.80. The molecule has 0 saturated carbocycles. The molecule has 0 unspecified atom stereocenters. The van der Waals surface area contributed by atoms with E-state index in [1.54, 1.807) is 7.05 Å². The van der Waals surface area contributed by atoms with Gasteiger partial charge in [0.15, 0.2) is 0 Å². The Morgan fingerprint density at radius 2 is 2.22 bits per heavy atom. The maximum absolute atomic E-state index is 11.8. The predicted octanol–water partition coefficient (Wildman–Crippen LogP) is 0.611. The minimum absolute atomic E-state index is 0.128. The Labute approximate surface area is 101 Å². The Morgan fingerprint density at radius 1 is 1.50 bits per heavy atom. The zero-order chi connectivity index (χ0) is 13.6. The molecule has 0 saturated heterocycles. The molecule has 102 valence electrons. The maximum atomic E-state index is 11.8. The minimum Gasteiger partial charge on any atom is -0.372 e. The molecule has 0 aromatic carbocycles. The van der Waals surface area contributed by atoms with Crippen LogP contribution < -0.4 is 10.9 Å². The third kappa shape index (κ3) is 5.78. The molecule has 0 amide bonds. The molecule has 1 heterocycles. The third-order valence-electron chi connectivity index (χ3n) is 1.95. The number of aromatic amines is 1. The number of nitrogens with one attached hydrogen (secondary N) is 2. The summed E-state index contributed by atoms with van der Waals surface area (Å²) in [6.07, 6.45) is -4.21. The minimum atomic E-state index is -4.34. The summed E-state index contributed by atoms with van der Waals surface area (Å²) in [4.78, 5) is 17.8. The van der Waals surface area contributed by atoms with Crippen LogP contribution in [0.15, 0.2) is 10.9 Å². The topological polar surface area (TPSA) is 67.0 Å². The van der Waals surface area contributed by atoms with Gasteiger partial charge in [0.05, 0.1) is 12.3 Å². The fourth-order valence-corrected chi connectivity index (χ4v) is 1.31. The van der Waals surface area contributed by atoms with Crippen molar-refractivity contribution in [2.45, 2.75) is 19.1 Å². The molecule has 18 heavy (non-hydrogen) atoms. The second-order valence-corrected chi connectivity index (χ2v) is 3.63. The number of H-pyrrole nitrogens is 1. The molecule has 0 aliphatic rings. The quantitative estimate of drug-likeness (QED) is 0.740. The summed E-state index contributed by atoms with van der Waals surface area (Å²) in [6, 6.07) is 1.33. The largest absolute Gasteiger partial charge is 0.411 e. The standard InChI is InChI=1S/C10H14F3N3O2/c1-14-5-7-4-9(17)16-8(15-7)2-3-18-6-10(11,12)13/h4,14H,2-3,5-6H2,1H3,(H,15,16,17).